The summed E-state index contributed by atoms with van der Waals surface area (Å²) < 4.78 is 16.8. The Morgan fingerprint density at radius 1 is 1.40 bits per heavy atom. The Bertz CT molecular complexity index is 696. The maximum Gasteiger partial charge on any atom is 0.357 e. The molecule has 0 saturated carbocycles. The van der Waals surface area contributed by atoms with Crippen LogP contribution >= 0.6 is 11.5 Å². The van der Waals surface area contributed by atoms with Crippen LogP contribution < -0.4 is 5.32 Å². The average Bonchev–Trinajstić information content (AvgIpc) is 2.82. The first kappa shape index (κ1) is 12.7. The van der Waals surface area contributed by atoms with E-state index < -0.39 is 5.97 Å². The molecule has 1 aliphatic rings. The maximum atomic E-state index is 13.0. The van der Waals surface area contributed by atoms with Gasteiger partial charge >= 0.3 is 5.97 Å². The normalized spacial score (nSPS) is 17.4. The van der Waals surface area contributed by atoms with Gasteiger partial charge in [0.1, 0.15) is 5.82 Å². The third-order valence-corrected chi connectivity index (χ3v) is 4.12. The number of nitrogens with zero attached hydrogens (tertiary/aromatic N) is 1. The number of amides is 1. The van der Waals surface area contributed by atoms with Crippen LogP contribution in [0.3, 0.4) is 0 Å². The molecular weight excluding hydrogens is 283 g/mol. The Balaban J connectivity index is 2.09. The van der Waals surface area contributed by atoms with Crippen LogP contribution in [0.1, 0.15) is 33.3 Å². The molecule has 2 heterocycles. The lowest BCUT2D eigenvalue weighted by Crippen LogP contribution is -2.23. The first-order valence-corrected chi connectivity index (χ1v) is 6.62. The first-order valence-electron chi connectivity index (χ1n) is 5.84. The molecule has 1 aromatic carbocycles. The Hall–Kier alpha value is -2.28. The van der Waals surface area contributed by atoms with Crippen molar-refractivity contribution in [1.29, 1.82) is 0 Å². The minimum Gasteiger partial charge on any atom is -0.476 e. The van der Waals surface area contributed by atoms with Crippen molar-refractivity contribution in [2.45, 2.75) is 12.3 Å². The lowest BCUT2D eigenvalue weighted by molar-refractivity contribution is -0.116. The highest BCUT2D eigenvalue weighted by atomic mass is 32.1. The van der Waals surface area contributed by atoms with Gasteiger partial charge in [0.05, 0.1) is 10.6 Å². The zero-order chi connectivity index (χ0) is 14.3. The van der Waals surface area contributed by atoms with E-state index in [1.807, 2.05) is 0 Å². The fraction of sp³-hybridized carbons (Fsp3) is 0.154. The summed E-state index contributed by atoms with van der Waals surface area (Å²) in [6.45, 7) is 0. The third kappa shape index (κ3) is 2.05. The van der Waals surface area contributed by atoms with Gasteiger partial charge in [0, 0.05) is 12.3 Å². The minimum atomic E-state index is -1.18. The number of hydrogen-bond acceptors (Lipinski definition) is 4. The van der Waals surface area contributed by atoms with Gasteiger partial charge in [-0.3, -0.25) is 4.79 Å². The average molecular weight is 292 g/mol. The number of benzene rings is 1. The molecule has 1 aliphatic heterocycles. The van der Waals surface area contributed by atoms with E-state index in [9.17, 15) is 14.0 Å². The third-order valence-electron chi connectivity index (χ3n) is 3.16. The quantitative estimate of drug-likeness (QED) is 0.891. The number of halogens is 1. The zero-order valence-corrected chi connectivity index (χ0v) is 10.9. The molecule has 0 radical (unpaired) electrons. The maximum absolute atomic E-state index is 13.0. The van der Waals surface area contributed by atoms with Gasteiger partial charge in [0.25, 0.3) is 0 Å². The summed E-state index contributed by atoms with van der Waals surface area (Å²) >= 11 is 1.05. The van der Waals surface area contributed by atoms with Crippen LogP contribution in [0.5, 0.6) is 0 Å². The number of aromatic nitrogens is 1. The number of carboxylic acid groups (broad SMARTS) is 1. The molecule has 0 bridgehead atoms. The van der Waals surface area contributed by atoms with Gasteiger partial charge in [0.15, 0.2) is 5.69 Å². The fourth-order valence-corrected chi connectivity index (χ4v) is 3.18. The van der Waals surface area contributed by atoms with Gasteiger partial charge in [0.2, 0.25) is 5.91 Å². The number of anilines is 1. The van der Waals surface area contributed by atoms with Gasteiger partial charge < -0.3 is 10.4 Å². The highest BCUT2D eigenvalue weighted by Gasteiger charge is 2.32. The Kier molecular flexibility index (Phi) is 2.98. The van der Waals surface area contributed by atoms with Crippen molar-refractivity contribution >= 4 is 29.1 Å². The molecule has 0 saturated heterocycles. The number of fused-ring (bicyclic) bond motifs is 1. The molecule has 2 N–H and O–H groups in total. The topological polar surface area (TPSA) is 79.3 Å². The van der Waals surface area contributed by atoms with E-state index in [4.69, 9.17) is 5.11 Å². The van der Waals surface area contributed by atoms with E-state index in [0.717, 1.165) is 17.1 Å². The number of carbonyl (C=O) groups is 2. The van der Waals surface area contributed by atoms with Crippen LogP contribution in [0, 0.1) is 5.82 Å². The second-order valence-corrected chi connectivity index (χ2v) is 5.24. The van der Waals surface area contributed by atoms with Crippen molar-refractivity contribution in [3.63, 3.8) is 0 Å². The lowest BCUT2D eigenvalue weighted by Gasteiger charge is -2.22. The van der Waals surface area contributed by atoms with Gasteiger partial charge in [-0.1, -0.05) is 12.1 Å². The number of hydrogen-bond donors (Lipinski definition) is 2. The van der Waals surface area contributed by atoms with E-state index in [0.29, 0.717) is 4.88 Å². The van der Waals surface area contributed by atoms with Crippen LogP contribution in [-0.4, -0.2) is 21.4 Å². The zero-order valence-electron chi connectivity index (χ0n) is 10.1. The molecule has 102 valence electrons. The van der Waals surface area contributed by atoms with Gasteiger partial charge in [-0.15, -0.1) is 0 Å². The molecule has 0 aliphatic carbocycles. The number of nitrogens with one attached hydrogen (secondary N) is 1. The monoisotopic (exact) mass is 292 g/mol. The van der Waals surface area contributed by atoms with E-state index in [-0.39, 0.29) is 35.4 Å². The molecule has 0 unspecified atom stereocenters. The van der Waals surface area contributed by atoms with Crippen molar-refractivity contribution in [3.8, 4) is 0 Å². The SMILES string of the molecule is O=C1C[C@@H](c2ccc(F)cc2)c2snc(C(=O)O)c2N1. The minimum absolute atomic E-state index is 0.148. The predicted molar refractivity (Wildman–Crippen MR) is 70.6 cm³/mol. The van der Waals surface area contributed by atoms with Crippen molar-refractivity contribution in [3.05, 3.63) is 46.2 Å². The van der Waals surface area contributed by atoms with Crippen LogP contribution in [0.25, 0.3) is 0 Å². The standard InChI is InChI=1S/C13H9FN2O3S/c14-7-3-1-6(2-4-7)8-5-9(17)15-10-11(13(18)19)16-20-12(8)10/h1-4,8H,5H2,(H,15,17)(H,18,19)/t8-/m0/s1. The molecule has 0 spiro atoms. The van der Waals surface area contributed by atoms with Gasteiger partial charge in [-0.05, 0) is 29.2 Å². The summed E-state index contributed by atoms with van der Waals surface area (Å²) in [6.07, 6.45) is 0.194. The number of carboxylic acids is 1. The summed E-state index contributed by atoms with van der Waals surface area (Å²) in [4.78, 5) is 23.5. The largest absolute Gasteiger partial charge is 0.476 e. The highest BCUT2D eigenvalue weighted by molar-refractivity contribution is 7.06. The summed E-state index contributed by atoms with van der Waals surface area (Å²) in [7, 11) is 0. The first-order chi connectivity index (χ1) is 9.56. The van der Waals surface area contributed by atoms with Crippen molar-refractivity contribution in [2.75, 3.05) is 5.32 Å². The van der Waals surface area contributed by atoms with E-state index in [1.54, 1.807) is 12.1 Å². The smallest absolute Gasteiger partial charge is 0.357 e. The molecule has 0 fully saturated rings. The lowest BCUT2D eigenvalue weighted by atomic mass is 9.90. The molecular formula is C13H9FN2O3S. The van der Waals surface area contributed by atoms with Crippen LogP contribution in [0.2, 0.25) is 0 Å². The predicted octanol–water partition coefficient (Wildman–Crippen LogP) is 2.45. The van der Waals surface area contributed by atoms with Crippen molar-refractivity contribution < 1.29 is 19.1 Å². The Labute approximate surface area is 117 Å². The van der Waals surface area contributed by atoms with Crippen LogP contribution in [0.4, 0.5) is 10.1 Å². The van der Waals surface area contributed by atoms with E-state index >= 15 is 0 Å². The van der Waals surface area contributed by atoms with E-state index in [1.165, 1.54) is 12.1 Å². The van der Waals surface area contributed by atoms with Crippen molar-refractivity contribution in [2.24, 2.45) is 0 Å². The second-order valence-electron chi connectivity index (χ2n) is 4.43. The summed E-state index contributed by atoms with van der Waals surface area (Å²) in [6, 6.07) is 5.84. The van der Waals surface area contributed by atoms with Crippen LogP contribution in [-0.2, 0) is 4.79 Å². The Morgan fingerprint density at radius 3 is 2.75 bits per heavy atom. The second kappa shape index (κ2) is 4.68. The van der Waals surface area contributed by atoms with Crippen molar-refractivity contribution in [1.82, 2.24) is 4.37 Å². The molecule has 1 atom stereocenters. The molecule has 5 nitrogen and oxygen atoms in total. The number of carbonyl (C=O) groups excluding carboxylic acids is 1. The summed E-state index contributed by atoms with van der Waals surface area (Å²) in [5.74, 6) is -2.09. The molecule has 3 rings (SSSR count). The highest BCUT2D eigenvalue weighted by Crippen LogP contribution is 2.41. The van der Waals surface area contributed by atoms with E-state index in [2.05, 4.69) is 9.69 Å². The number of aromatic carboxylic acids is 1. The fourth-order valence-electron chi connectivity index (χ4n) is 2.24. The number of rotatable bonds is 2. The molecule has 1 amide bonds. The Morgan fingerprint density at radius 2 is 2.10 bits per heavy atom. The van der Waals surface area contributed by atoms with Gasteiger partial charge in [-0.25, -0.2) is 9.18 Å². The summed E-state index contributed by atoms with van der Waals surface area (Å²) in [5.41, 5.74) is 0.876. The summed E-state index contributed by atoms with van der Waals surface area (Å²) in [5, 5.41) is 11.6. The van der Waals surface area contributed by atoms with Gasteiger partial charge in [-0.2, -0.15) is 4.37 Å². The molecule has 1 aromatic heterocycles. The molecule has 2 aromatic rings. The molecule has 20 heavy (non-hydrogen) atoms. The van der Waals surface area contributed by atoms with Crippen LogP contribution in [0.15, 0.2) is 24.3 Å². The molecule has 7 heteroatoms.